The standard InChI is InChI=1S/C38H72NO7P/c1-6-8-10-12-14-16-17-18-19-20-21-22-24-26-28-30-33-43-35-37(36-45-47(41,42)44-34-32-39(3,4)5)46-38(40)31-29-27-25-23-15-13-11-9-7-2/h8,10,14,16,18-19,37H,6-7,9,11-13,15,17,20-36H2,1-5H3/b10-8-,16-14-,19-18-. The molecule has 9 heteroatoms. The van der Waals surface area contributed by atoms with Gasteiger partial charge in [-0.3, -0.25) is 9.36 Å². The van der Waals surface area contributed by atoms with E-state index in [9.17, 15) is 14.3 Å². The normalized spacial score (nSPS) is 14.4. The molecule has 276 valence electrons. The van der Waals surface area contributed by atoms with Crippen molar-refractivity contribution in [2.45, 2.75) is 148 Å². The first-order valence-electron chi connectivity index (χ1n) is 18.7. The number of esters is 1. The second kappa shape index (κ2) is 32.0. The molecular weight excluding hydrogens is 613 g/mol. The zero-order valence-electron chi connectivity index (χ0n) is 31.0. The molecule has 0 aromatic heterocycles. The average molecular weight is 686 g/mol. The minimum absolute atomic E-state index is 0.0234. The maximum absolute atomic E-state index is 12.5. The second-order valence-electron chi connectivity index (χ2n) is 13.6. The largest absolute Gasteiger partial charge is 0.756 e. The number of quaternary nitrogens is 1. The molecule has 0 rings (SSSR count). The maximum atomic E-state index is 12.5. The van der Waals surface area contributed by atoms with Crippen molar-refractivity contribution in [3.05, 3.63) is 36.5 Å². The van der Waals surface area contributed by atoms with Crippen molar-refractivity contribution >= 4 is 13.8 Å². The smallest absolute Gasteiger partial charge is 0.306 e. The minimum atomic E-state index is -4.51. The second-order valence-corrected chi connectivity index (χ2v) is 15.0. The minimum Gasteiger partial charge on any atom is -0.756 e. The first-order chi connectivity index (χ1) is 22.6. The highest BCUT2D eigenvalue weighted by Crippen LogP contribution is 2.38. The fraction of sp³-hybridized carbons (Fsp3) is 0.816. The Balaban J connectivity index is 4.29. The van der Waals surface area contributed by atoms with Crippen LogP contribution in [0, 0.1) is 0 Å². The third kappa shape index (κ3) is 35.8. The van der Waals surface area contributed by atoms with Gasteiger partial charge in [-0.15, -0.1) is 0 Å². The Kier molecular flexibility index (Phi) is 31.1. The molecule has 0 bridgehead atoms. The summed E-state index contributed by atoms with van der Waals surface area (Å²) in [5.41, 5.74) is 0. The highest BCUT2D eigenvalue weighted by atomic mass is 31.2. The van der Waals surface area contributed by atoms with Gasteiger partial charge in [0.2, 0.25) is 0 Å². The molecule has 0 aliphatic carbocycles. The molecule has 0 fully saturated rings. The van der Waals surface area contributed by atoms with Crippen molar-refractivity contribution in [2.24, 2.45) is 0 Å². The Hall–Kier alpha value is -1.28. The summed E-state index contributed by atoms with van der Waals surface area (Å²) in [6.07, 6.45) is 34.4. The summed E-state index contributed by atoms with van der Waals surface area (Å²) in [6, 6.07) is 0. The lowest BCUT2D eigenvalue weighted by Crippen LogP contribution is -2.37. The van der Waals surface area contributed by atoms with E-state index in [4.69, 9.17) is 18.5 Å². The SMILES string of the molecule is CC/C=C\C/C=C\C/C=C\CCCCCCCCOCC(COP(=O)([O-])OCC[N+](C)(C)C)OC(=O)CCCCCCCCCCC. The van der Waals surface area contributed by atoms with Gasteiger partial charge in [-0.05, 0) is 44.9 Å². The van der Waals surface area contributed by atoms with Crippen molar-refractivity contribution in [3.63, 3.8) is 0 Å². The number of phosphoric acid groups is 1. The number of unbranched alkanes of at least 4 members (excludes halogenated alkanes) is 14. The lowest BCUT2D eigenvalue weighted by Gasteiger charge is -2.28. The van der Waals surface area contributed by atoms with Crippen LogP contribution < -0.4 is 4.89 Å². The number of allylic oxidation sites excluding steroid dienone is 6. The molecule has 0 N–H and O–H groups in total. The quantitative estimate of drug-likeness (QED) is 0.0219. The number of hydrogen-bond acceptors (Lipinski definition) is 7. The molecule has 2 unspecified atom stereocenters. The summed E-state index contributed by atoms with van der Waals surface area (Å²) in [5, 5.41) is 0. The van der Waals surface area contributed by atoms with Gasteiger partial charge >= 0.3 is 5.97 Å². The highest BCUT2D eigenvalue weighted by molar-refractivity contribution is 7.45. The van der Waals surface area contributed by atoms with E-state index < -0.39 is 13.9 Å². The molecule has 0 radical (unpaired) electrons. The van der Waals surface area contributed by atoms with Crippen LogP contribution in [0.25, 0.3) is 0 Å². The van der Waals surface area contributed by atoms with E-state index in [1.54, 1.807) is 0 Å². The van der Waals surface area contributed by atoms with Crippen molar-refractivity contribution in [1.29, 1.82) is 0 Å². The van der Waals surface area contributed by atoms with Crippen molar-refractivity contribution in [2.75, 3.05) is 54.1 Å². The monoisotopic (exact) mass is 686 g/mol. The Morgan fingerprint density at radius 2 is 1.23 bits per heavy atom. The fourth-order valence-electron chi connectivity index (χ4n) is 4.79. The molecule has 2 atom stereocenters. The molecule has 0 amide bonds. The van der Waals surface area contributed by atoms with Crippen LogP contribution in [0.15, 0.2) is 36.5 Å². The van der Waals surface area contributed by atoms with E-state index in [2.05, 4.69) is 50.3 Å². The topological polar surface area (TPSA) is 94.1 Å². The lowest BCUT2D eigenvalue weighted by molar-refractivity contribution is -0.870. The molecule has 0 aromatic rings. The zero-order chi connectivity index (χ0) is 34.9. The van der Waals surface area contributed by atoms with E-state index in [1.807, 2.05) is 21.1 Å². The van der Waals surface area contributed by atoms with Gasteiger partial charge in [0, 0.05) is 13.0 Å². The van der Waals surface area contributed by atoms with E-state index in [-0.39, 0.29) is 25.8 Å². The van der Waals surface area contributed by atoms with Gasteiger partial charge in [0.25, 0.3) is 7.82 Å². The van der Waals surface area contributed by atoms with Crippen molar-refractivity contribution in [3.8, 4) is 0 Å². The van der Waals surface area contributed by atoms with Crippen molar-refractivity contribution in [1.82, 2.24) is 0 Å². The number of phosphoric ester groups is 1. The number of likely N-dealkylation sites (N-methyl/N-ethyl adjacent to an activating group) is 1. The third-order valence-electron chi connectivity index (χ3n) is 7.71. The summed E-state index contributed by atoms with van der Waals surface area (Å²) in [6.45, 7) is 5.23. The first kappa shape index (κ1) is 45.7. The number of rotatable bonds is 34. The molecular formula is C38H72NO7P. The summed E-state index contributed by atoms with van der Waals surface area (Å²) < 4.78 is 34.3. The van der Waals surface area contributed by atoms with Gasteiger partial charge in [0.05, 0.1) is 34.4 Å². The Morgan fingerprint density at radius 1 is 0.681 bits per heavy atom. The molecule has 0 aliphatic rings. The van der Waals surface area contributed by atoms with Gasteiger partial charge in [0.15, 0.2) is 0 Å². The van der Waals surface area contributed by atoms with Crippen LogP contribution in [-0.4, -0.2) is 70.7 Å². The number of nitrogens with zero attached hydrogens (tertiary/aromatic N) is 1. The Morgan fingerprint density at radius 3 is 1.85 bits per heavy atom. The number of hydrogen-bond donors (Lipinski definition) is 0. The van der Waals surface area contributed by atoms with E-state index in [0.717, 1.165) is 64.2 Å². The third-order valence-corrected chi connectivity index (χ3v) is 8.67. The van der Waals surface area contributed by atoms with Gasteiger partial charge in [-0.25, -0.2) is 0 Å². The molecule has 0 spiro atoms. The number of carbonyl (C=O) groups excluding carboxylic acids is 1. The molecule has 0 heterocycles. The first-order valence-corrected chi connectivity index (χ1v) is 20.2. The number of carbonyl (C=O) groups is 1. The van der Waals surface area contributed by atoms with Crippen LogP contribution in [-0.2, 0) is 27.9 Å². The molecule has 0 saturated heterocycles. The fourth-order valence-corrected chi connectivity index (χ4v) is 5.52. The van der Waals surface area contributed by atoms with Crippen LogP contribution >= 0.6 is 7.82 Å². The Labute approximate surface area is 289 Å². The van der Waals surface area contributed by atoms with Crippen LogP contribution in [0.4, 0.5) is 0 Å². The van der Waals surface area contributed by atoms with Crippen LogP contribution in [0.5, 0.6) is 0 Å². The lowest BCUT2D eigenvalue weighted by atomic mass is 10.1. The van der Waals surface area contributed by atoms with Crippen LogP contribution in [0.3, 0.4) is 0 Å². The Bertz CT molecular complexity index is 853. The highest BCUT2D eigenvalue weighted by Gasteiger charge is 2.20. The summed E-state index contributed by atoms with van der Waals surface area (Å²) in [7, 11) is 1.34. The van der Waals surface area contributed by atoms with E-state index in [0.29, 0.717) is 24.1 Å². The van der Waals surface area contributed by atoms with Gasteiger partial charge < -0.3 is 27.9 Å². The average Bonchev–Trinajstić information content (AvgIpc) is 3.01. The predicted octanol–water partition coefficient (Wildman–Crippen LogP) is 9.63. The molecule has 0 aromatic carbocycles. The molecule has 0 saturated carbocycles. The zero-order valence-corrected chi connectivity index (χ0v) is 31.9. The molecule has 0 aliphatic heterocycles. The molecule has 8 nitrogen and oxygen atoms in total. The van der Waals surface area contributed by atoms with Gasteiger partial charge in [0.1, 0.15) is 19.3 Å². The maximum Gasteiger partial charge on any atom is 0.306 e. The predicted molar refractivity (Wildman–Crippen MR) is 194 cm³/mol. The van der Waals surface area contributed by atoms with Crippen LogP contribution in [0.2, 0.25) is 0 Å². The van der Waals surface area contributed by atoms with Crippen LogP contribution in [0.1, 0.15) is 142 Å². The van der Waals surface area contributed by atoms with Gasteiger partial charge in [-0.2, -0.15) is 0 Å². The van der Waals surface area contributed by atoms with Crippen molar-refractivity contribution < 1.29 is 37.3 Å². The van der Waals surface area contributed by atoms with Gasteiger partial charge in [-0.1, -0.05) is 127 Å². The summed E-state index contributed by atoms with van der Waals surface area (Å²) in [4.78, 5) is 24.8. The van der Waals surface area contributed by atoms with E-state index in [1.165, 1.54) is 57.8 Å². The molecule has 47 heavy (non-hydrogen) atoms. The summed E-state index contributed by atoms with van der Waals surface area (Å²) >= 11 is 0. The number of ether oxygens (including phenoxy) is 2. The van der Waals surface area contributed by atoms with E-state index >= 15 is 0 Å². The summed E-state index contributed by atoms with van der Waals surface area (Å²) in [5.74, 6) is -0.344.